The zero-order valence-corrected chi connectivity index (χ0v) is 38.1. The van der Waals surface area contributed by atoms with Gasteiger partial charge < -0.3 is 4.57 Å². The van der Waals surface area contributed by atoms with Crippen LogP contribution in [0.15, 0.2) is 237 Å². The predicted molar refractivity (Wildman–Crippen MR) is 294 cm³/mol. The van der Waals surface area contributed by atoms with Gasteiger partial charge in [-0.2, -0.15) is 0 Å². The van der Waals surface area contributed by atoms with Crippen molar-refractivity contribution in [1.29, 1.82) is 0 Å². The summed E-state index contributed by atoms with van der Waals surface area (Å²) in [6.45, 7) is 0. The Balaban J connectivity index is 0.816. The van der Waals surface area contributed by atoms with Crippen LogP contribution in [0.5, 0.6) is 0 Å². The number of para-hydroxylation sites is 2. The first-order valence-electron chi connectivity index (χ1n) is 23.6. The summed E-state index contributed by atoms with van der Waals surface area (Å²) < 4.78 is 7.29. The Bertz CT molecular complexity index is 4570. The minimum absolute atomic E-state index is 1.00. The van der Waals surface area contributed by atoms with E-state index in [1.807, 2.05) is 11.3 Å². The lowest BCUT2D eigenvalue weighted by Gasteiger charge is -2.14. The van der Waals surface area contributed by atoms with Crippen LogP contribution in [0.1, 0.15) is 0 Å². The van der Waals surface area contributed by atoms with E-state index in [4.69, 9.17) is 4.98 Å². The van der Waals surface area contributed by atoms with Crippen molar-refractivity contribution in [1.82, 2.24) is 14.0 Å². The maximum atomic E-state index is 5.41. The Labute approximate surface area is 401 Å². The van der Waals surface area contributed by atoms with Crippen molar-refractivity contribution in [3.8, 4) is 50.3 Å². The average Bonchev–Trinajstić information content (AvgIpc) is 4.10. The molecule has 0 radical (unpaired) electrons. The van der Waals surface area contributed by atoms with E-state index in [9.17, 15) is 0 Å². The molecular formula is C65H39N3S. The fraction of sp³-hybridized carbons (Fsp3) is 0. The summed E-state index contributed by atoms with van der Waals surface area (Å²) in [6.07, 6.45) is 0. The molecule has 0 N–H and O–H groups in total. The van der Waals surface area contributed by atoms with Crippen LogP contribution in [0.4, 0.5) is 0 Å². The number of imidazole rings is 1. The molecular weight excluding hydrogens is 855 g/mol. The summed E-state index contributed by atoms with van der Waals surface area (Å²) in [5, 5.41) is 12.5. The number of fused-ring (bicyclic) bond motifs is 14. The molecule has 0 bridgehead atoms. The van der Waals surface area contributed by atoms with Crippen molar-refractivity contribution >= 4 is 102 Å². The van der Waals surface area contributed by atoms with Crippen LogP contribution >= 0.6 is 11.3 Å². The number of aromatic nitrogens is 3. The van der Waals surface area contributed by atoms with Crippen LogP contribution in [0.2, 0.25) is 0 Å². The van der Waals surface area contributed by atoms with Gasteiger partial charge in [-0.15, -0.1) is 11.3 Å². The van der Waals surface area contributed by atoms with Gasteiger partial charge in [0.05, 0.1) is 32.5 Å². The topological polar surface area (TPSA) is 22.2 Å². The van der Waals surface area contributed by atoms with Crippen molar-refractivity contribution in [2.45, 2.75) is 0 Å². The number of hydrogen-bond donors (Lipinski definition) is 0. The molecule has 0 amide bonds. The minimum Gasteiger partial charge on any atom is -0.309 e. The van der Waals surface area contributed by atoms with Crippen molar-refractivity contribution in [2.24, 2.45) is 0 Å². The Morgan fingerprint density at radius 2 is 0.899 bits per heavy atom. The standard InChI is InChI=1S/C65H39N3S/c1-2-15-48(16-3-1)67-59-21-11-10-20-54(59)56-36-47(31-35-60(56)67)40-22-24-42(25-23-40)49-33-34-50(53-19-9-8-18-52(49)53)43-26-28-44(29-27-43)61-39-57-55-32-30-41-12-6-7-17-51(41)63(55)69-64(57)65-66-58-37-45-13-4-5-14-46(45)38-62(58)68(61)65/h1-39H. The van der Waals surface area contributed by atoms with Crippen LogP contribution in [-0.2, 0) is 0 Å². The van der Waals surface area contributed by atoms with E-state index in [0.29, 0.717) is 0 Å². The van der Waals surface area contributed by atoms with Gasteiger partial charge in [0.1, 0.15) is 0 Å². The number of thiophene rings is 1. The summed E-state index contributed by atoms with van der Waals surface area (Å²) in [5.41, 5.74) is 16.3. The molecule has 11 aromatic carbocycles. The highest BCUT2D eigenvalue weighted by Gasteiger charge is 2.20. The van der Waals surface area contributed by atoms with E-state index in [1.165, 1.54) is 113 Å². The molecule has 69 heavy (non-hydrogen) atoms. The summed E-state index contributed by atoms with van der Waals surface area (Å²) in [4.78, 5) is 5.41. The van der Waals surface area contributed by atoms with Crippen LogP contribution in [0, 0.1) is 0 Å². The van der Waals surface area contributed by atoms with Crippen LogP contribution < -0.4 is 0 Å². The average molecular weight is 894 g/mol. The second-order valence-corrected chi connectivity index (χ2v) is 19.3. The Morgan fingerprint density at radius 1 is 0.319 bits per heavy atom. The lowest BCUT2D eigenvalue weighted by molar-refractivity contribution is 1.18. The molecule has 4 aromatic heterocycles. The largest absolute Gasteiger partial charge is 0.309 e. The molecule has 320 valence electrons. The van der Waals surface area contributed by atoms with Crippen LogP contribution in [0.25, 0.3) is 141 Å². The van der Waals surface area contributed by atoms with E-state index < -0.39 is 0 Å². The second-order valence-electron chi connectivity index (χ2n) is 18.3. The highest BCUT2D eigenvalue weighted by atomic mass is 32.1. The second kappa shape index (κ2) is 14.8. The molecule has 15 aromatic rings. The number of pyridine rings is 1. The lowest BCUT2D eigenvalue weighted by Crippen LogP contribution is -1.93. The minimum atomic E-state index is 1.00. The van der Waals surface area contributed by atoms with E-state index >= 15 is 0 Å². The number of nitrogens with zero attached hydrogens (tertiary/aromatic N) is 3. The lowest BCUT2D eigenvalue weighted by atomic mass is 9.91. The van der Waals surface area contributed by atoms with Gasteiger partial charge in [-0.05, 0) is 120 Å². The molecule has 3 nitrogen and oxygen atoms in total. The molecule has 0 spiro atoms. The Kier molecular flexibility index (Phi) is 8.23. The molecule has 0 aliphatic rings. The first-order valence-corrected chi connectivity index (χ1v) is 24.4. The van der Waals surface area contributed by atoms with E-state index in [0.717, 1.165) is 27.9 Å². The highest BCUT2D eigenvalue weighted by Crippen LogP contribution is 2.45. The molecule has 0 fully saturated rings. The van der Waals surface area contributed by atoms with Gasteiger partial charge in [0.15, 0.2) is 5.65 Å². The third-order valence-electron chi connectivity index (χ3n) is 14.5. The van der Waals surface area contributed by atoms with Crippen molar-refractivity contribution in [3.63, 3.8) is 0 Å². The van der Waals surface area contributed by atoms with E-state index in [1.54, 1.807) is 0 Å². The van der Waals surface area contributed by atoms with E-state index in [-0.39, 0.29) is 0 Å². The fourth-order valence-corrected chi connectivity index (χ4v) is 12.5. The third-order valence-corrected chi connectivity index (χ3v) is 15.7. The first-order chi connectivity index (χ1) is 34.2. The van der Waals surface area contributed by atoms with Gasteiger partial charge in [0.2, 0.25) is 0 Å². The fourth-order valence-electron chi connectivity index (χ4n) is 11.2. The van der Waals surface area contributed by atoms with Crippen LogP contribution in [-0.4, -0.2) is 14.0 Å². The van der Waals surface area contributed by atoms with Crippen molar-refractivity contribution in [3.05, 3.63) is 237 Å². The maximum absolute atomic E-state index is 5.41. The normalized spacial score (nSPS) is 12.1. The number of hydrogen-bond acceptors (Lipinski definition) is 2. The number of rotatable bonds is 5. The van der Waals surface area contributed by atoms with Crippen LogP contribution in [0.3, 0.4) is 0 Å². The summed E-state index contributed by atoms with van der Waals surface area (Å²) >= 11 is 1.86. The molecule has 0 aliphatic heterocycles. The Morgan fingerprint density at radius 3 is 1.64 bits per heavy atom. The monoisotopic (exact) mass is 893 g/mol. The summed E-state index contributed by atoms with van der Waals surface area (Å²) in [6, 6.07) is 86.9. The van der Waals surface area contributed by atoms with Crippen molar-refractivity contribution in [2.75, 3.05) is 0 Å². The summed E-state index contributed by atoms with van der Waals surface area (Å²) in [7, 11) is 0. The van der Waals surface area contributed by atoms with Gasteiger partial charge in [0.25, 0.3) is 0 Å². The Hall–Kier alpha value is -8.83. The van der Waals surface area contributed by atoms with Gasteiger partial charge in [-0.3, -0.25) is 4.40 Å². The quantitative estimate of drug-likeness (QED) is 0.169. The molecule has 4 heterocycles. The molecule has 0 saturated heterocycles. The zero-order chi connectivity index (χ0) is 45.2. The van der Waals surface area contributed by atoms with Crippen molar-refractivity contribution < 1.29 is 0 Å². The molecule has 4 heteroatoms. The van der Waals surface area contributed by atoms with Gasteiger partial charge in [0, 0.05) is 31.9 Å². The smallest absolute Gasteiger partial charge is 0.156 e. The molecule has 0 saturated carbocycles. The first kappa shape index (κ1) is 38.3. The third kappa shape index (κ3) is 5.83. The molecule has 0 aliphatic carbocycles. The molecule has 15 rings (SSSR count). The number of benzene rings is 11. The zero-order valence-electron chi connectivity index (χ0n) is 37.3. The molecule has 0 atom stereocenters. The highest BCUT2D eigenvalue weighted by molar-refractivity contribution is 7.27. The SMILES string of the molecule is c1ccc(-n2c3ccccc3c3cc(-c4ccc(-c5ccc(-c6ccc(-c7cc8c9ccc%10ccccc%10c9sc8c8nc9cc%10ccccc%10cc9n78)cc6)c6ccccc56)cc4)ccc32)cc1. The maximum Gasteiger partial charge on any atom is 0.156 e. The summed E-state index contributed by atoms with van der Waals surface area (Å²) in [5.74, 6) is 0. The van der Waals surface area contributed by atoms with Gasteiger partial charge in [-0.1, -0.05) is 188 Å². The van der Waals surface area contributed by atoms with Gasteiger partial charge >= 0.3 is 0 Å². The van der Waals surface area contributed by atoms with E-state index in [2.05, 4.69) is 246 Å². The van der Waals surface area contributed by atoms with Gasteiger partial charge in [-0.25, -0.2) is 4.98 Å². The molecule has 0 unspecified atom stereocenters. The predicted octanol–water partition coefficient (Wildman–Crippen LogP) is 18.1.